The van der Waals surface area contributed by atoms with Crippen molar-refractivity contribution in [2.24, 2.45) is 0 Å². The molecule has 3 N–H and O–H groups in total. The predicted molar refractivity (Wildman–Crippen MR) is 101 cm³/mol. The largest absolute Gasteiger partial charge is 0.508 e. The molecule has 0 aliphatic carbocycles. The van der Waals surface area contributed by atoms with Gasteiger partial charge in [-0.1, -0.05) is 0 Å². The molecule has 0 unspecified atom stereocenters. The Bertz CT molecular complexity index is 989. The summed E-state index contributed by atoms with van der Waals surface area (Å²) in [5, 5.41) is 23.3. The number of aromatic hydroxyl groups is 2. The number of fused-ring (bicyclic) bond motifs is 1. The van der Waals surface area contributed by atoms with Gasteiger partial charge in [-0.3, -0.25) is 9.69 Å². The Kier molecular flexibility index (Phi) is 4.45. The van der Waals surface area contributed by atoms with Crippen LogP contribution in [0.3, 0.4) is 0 Å². The van der Waals surface area contributed by atoms with Crippen LogP contribution < -0.4 is 5.32 Å². The highest BCUT2D eigenvalue weighted by atomic mass is 16.3. The number of likely N-dealkylation sites (tertiary alicyclic amines) is 1. The van der Waals surface area contributed by atoms with Crippen molar-refractivity contribution >= 4 is 16.9 Å². The van der Waals surface area contributed by atoms with Crippen molar-refractivity contribution in [2.45, 2.75) is 19.4 Å². The summed E-state index contributed by atoms with van der Waals surface area (Å²) in [4.78, 5) is 19.1. The van der Waals surface area contributed by atoms with Crippen LogP contribution in [-0.2, 0) is 6.54 Å². The molecule has 0 saturated carbocycles. The number of carbonyl (C=O) groups is 1. The monoisotopic (exact) mass is 367 g/mol. The molecule has 2 aromatic heterocycles. The zero-order chi connectivity index (χ0) is 19.0. The van der Waals surface area contributed by atoms with Crippen molar-refractivity contribution in [3.63, 3.8) is 0 Å². The Labute approximate surface area is 156 Å². The first-order valence-electron chi connectivity index (χ1n) is 8.95. The van der Waals surface area contributed by atoms with Gasteiger partial charge in [0.15, 0.2) is 5.76 Å². The quantitative estimate of drug-likeness (QED) is 0.656. The van der Waals surface area contributed by atoms with E-state index in [9.17, 15) is 15.0 Å². The number of rotatable bonds is 4. The Hall–Kier alpha value is -3.06. The number of carbonyl (C=O) groups excluding carboxylic acids is 1. The van der Waals surface area contributed by atoms with Crippen molar-refractivity contribution in [1.29, 1.82) is 0 Å². The van der Waals surface area contributed by atoms with E-state index in [2.05, 4.69) is 15.2 Å². The minimum Gasteiger partial charge on any atom is -0.508 e. The van der Waals surface area contributed by atoms with Gasteiger partial charge in [0, 0.05) is 24.5 Å². The van der Waals surface area contributed by atoms with E-state index in [0.29, 0.717) is 40.1 Å². The van der Waals surface area contributed by atoms with E-state index in [-0.39, 0.29) is 17.4 Å². The summed E-state index contributed by atoms with van der Waals surface area (Å²) >= 11 is 0. The van der Waals surface area contributed by atoms with Crippen LogP contribution in [0.2, 0.25) is 0 Å². The van der Waals surface area contributed by atoms with Gasteiger partial charge in [0.2, 0.25) is 0 Å². The van der Waals surface area contributed by atoms with E-state index >= 15 is 0 Å². The van der Waals surface area contributed by atoms with E-state index < -0.39 is 0 Å². The smallest absolute Gasteiger partial charge is 0.255 e. The maximum Gasteiger partial charge on any atom is 0.255 e. The molecule has 27 heavy (non-hydrogen) atoms. The molecule has 1 aliphatic heterocycles. The summed E-state index contributed by atoms with van der Waals surface area (Å²) < 4.78 is 5.97. The fourth-order valence-electron chi connectivity index (χ4n) is 3.62. The van der Waals surface area contributed by atoms with E-state index in [1.807, 2.05) is 0 Å². The Morgan fingerprint density at radius 2 is 2.00 bits per heavy atom. The Morgan fingerprint density at radius 1 is 1.22 bits per heavy atom. The first kappa shape index (κ1) is 17.4. The minimum atomic E-state index is -0.313. The van der Waals surface area contributed by atoms with E-state index in [0.717, 1.165) is 25.9 Å². The first-order chi connectivity index (χ1) is 13.1. The van der Waals surface area contributed by atoms with Gasteiger partial charge in [-0.15, -0.1) is 0 Å². The third kappa shape index (κ3) is 3.10. The third-order valence-electron chi connectivity index (χ3n) is 4.95. The molecule has 1 fully saturated rings. The Morgan fingerprint density at radius 3 is 2.67 bits per heavy atom. The molecule has 140 valence electrons. The number of aromatic nitrogens is 1. The van der Waals surface area contributed by atoms with Crippen molar-refractivity contribution in [3.8, 4) is 23.0 Å². The lowest BCUT2D eigenvalue weighted by Gasteiger charge is -2.16. The molecule has 3 heterocycles. The van der Waals surface area contributed by atoms with Gasteiger partial charge in [-0.05, 0) is 50.2 Å². The SMILES string of the molecule is CNC(=O)c1c(-c2ccc(O)cn2)oc2ccc(O)c(CN3CCCC3)c12. The lowest BCUT2D eigenvalue weighted by Crippen LogP contribution is -2.21. The van der Waals surface area contributed by atoms with Crippen molar-refractivity contribution in [2.75, 3.05) is 20.1 Å². The van der Waals surface area contributed by atoms with Gasteiger partial charge >= 0.3 is 0 Å². The number of hydrogen-bond donors (Lipinski definition) is 3. The molecule has 1 saturated heterocycles. The van der Waals surface area contributed by atoms with Crippen molar-refractivity contribution < 1.29 is 19.4 Å². The van der Waals surface area contributed by atoms with E-state index in [4.69, 9.17) is 4.42 Å². The maximum absolute atomic E-state index is 12.7. The highest BCUT2D eigenvalue weighted by Gasteiger charge is 2.27. The number of nitrogens with zero attached hydrogens (tertiary/aromatic N) is 2. The number of benzene rings is 1. The van der Waals surface area contributed by atoms with Crippen LogP contribution in [0.25, 0.3) is 22.4 Å². The topological polar surface area (TPSA) is 98.8 Å². The molecule has 4 rings (SSSR count). The van der Waals surface area contributed by atoms with Crippen LogP contribution in [0.1, 0.15) is 28.8 Å². The molecule has 0 spiro atoms. The van der Waals surface area contributed by atoms with Gasteiger partial charge in [0.05, 0.1) is 11.8 Å². The summed E-state index contributed by atoms with van der Waals surface area (Å²) in [5.41, 5.74) is 1.98. The number of furan rings is 1. The molecular weight excluding hydrogens is 346 g/mol. The van der Waals surface area contributed by atoms with Gasteiger partial charge in [-0.2, -0.15) is 0 Å². The van der Waals surface area contributed by atoms with Crippen LogP contribution in [0.4, 0.5) is 0 Å². The first-order valence-corrected chi connectivity index (χ1v) is 8.95. The van der Waals surface area contributed by atoms with Crippen LogP contribution in [0, 0.1) is 0 Å². The highest BCUT2D eigenvalue weighted by molar-refractivity contribution is 6.12. The van der Waals surface area contributed by atoms with Gasteiger partial charge in [-0.25, -0.2) is 4.98 Å². The van der Waals surface area contributed by atoms with Crippen molar-refractivity contribution in [3.05, 3.63) is 41.6 Å². The van der Waals surface area contributed by atoms with Crippen LogP contribution in [0.15, 0.2) is 34.9 Å². The van der Waals surface area contributed by atoms with E-state index in [1.165, 1.54) is 12.3 Å². The number of pyridine rings is 1. The summed E-state index contributed by atoms with van der Waals surface area (Å²) in [6.07, 6.45) is 3.57. The Balaban J connectivity index is 1.94. The molecular formula is C20H21N3O4. The van der Waals surface area contributed by atoms with Crippen LogP contribution in [-0.4, -0.2) is 46.1 Å². The highest BCUT2D eigenvalue weighted by Crippen LogP contribution is 2.39. The standard InChI is InChI=1S/C20H21N3O4/c1-21-20(26)18-17-13(11-23-8-2-3-9-23)15(25)6-7-16(17)27-19(18)14-5-4-12(24)10-22-14/h4-7,10,24-25H,2-3,8-9,11H2,1H3,(H,21,26). The molecule has 1 aliphatic rings. The summed E-state index contributed by atoms with van der Waals surface area (Å²) in [5.74, 6) is 0.179. The van der Waals surface area contributed by atoms with Crippen LogP contribution >= 0.6 is 0 Å². The molecule has 7 heteroatoms. The maximum atomic E-state index is 12.7. The minimum absolute atomic E-state index is 0.0312. The number of hydrogen-bond acceptors (Lipinski definition) is 6. The fourth-order valence-corrected chi connectivity index (χ4v) is 3.62. The zero-order valence-corrected chi connectivity index (χ0v) is 15.0. The second kappa shape index (κ2) is 6.92. The third-order valence-corrected chi connectivity index (χ3v) is 4.95. The van der Waals surface area contributed by atoms with Gasteiger partial charge < -0.3 is 19.9 Å². The number of amides is 1. The number of phenolic OH excluding ortho intramolecular Hbond substituents is 1. The summed E-state index contributed by atoms with van der Waals surface area (Å²) in [6, 6.07) is 6.35. The molecule has 1 aromatic carbocycles. The zero-order valence-electron chi connectivity index (χ0n) is 15.0. The number of nitrogens with one attached hydrogen (secondary N) is 1. The number of phenols is 1. The van der Waals surface area contributed by atoms with Gasteiger partial charge in [0.1, 0.15) is 22.8 Å². The molecule has 7 nitrogen and oxygen atoms in total. The fraction of sp³-hybridized carbons (Fsp3) is 0.300. The summed E-state index contributed by atoms with van der Waals surface area (Å²) in [6.45, 7) is 2.49. The average Bonchev–Trinajstić information content (AvgIpc) is 3.31. The second-order valence-corrected chi connectivity index (χ2v) is 6.71. The molecule has 0 bridgehead atoms. The van der Waals surface area contributed by atoms with Gasteiger partial charge in [0.25, 0.3) is 5.91 Å². The second-order valence-electron chi connectivity index (χ2n) is 6.71. The molecule has 3 aromatic rings. The molecule has 1 amide bonds. The lowest BCUT2D eigenvalue weighted by molar-refractivity contribution is 0.0964. The van der Waals surface area contributed by atoms with Crippen LogP contribution in [0.5, 0.6) is 11.5 Å². The predicted octanol–water partition coefficient (Wildman–Crippen LogP) is 2.86. The summed E-state index contributed by atoms with van der Waals surface area (Å²) in [7, 11) is 1.55. The average molecular weight is 367 g/mol. The lowest BCUT2D eigenvalue weighted by atomic mass is 10.0. The normalized spacial score (nSPS) is 14.7. The molecule has 0 atom stereocenters. The van der Waals surface area contributed by atoms with E-state index in [1.54, 1.807) is 25.2 Å². The molecule has 0 radical (unpaired) electrons. The van der Waals surface area contributed by atoms with Crippen molar-refractivity contribution in [1.82, 2.24) is 15.2 Å².